The van der Waals surface area contributed by atoms with Crippen LogP contribution in [0.3, 0.4) is 0 Å². The standard InChI is InChI=1S/C15H15NO/c17-8-7-16-13-5-6-15-12(10-13)9-11-3-1-2-4-14(11)15/h1-6,10,16-17H,7-9H2. The van der Waals surface area contributed by atoms with Gasteiger partial charge in [0, 0.05) is 12.2 Å². The first-order chi connectivity index (χ1) is 8.38. The highest BCUT2D eigenvalue weighted by Crippen LogP contribution is 2.37. The molecule has 0 aromatic heterocycles. The molecule has 2 aromatic rings. The summed E-state index contributed by atoms with van der Waals surface area (Å²) in [6.45, 7) is 0.767. The molecule has 0 saturated heterocycles. The summed E-state index contributed by atoms with van der Waals surface area (Å²) >= 11 is 0. The van der Waals surface area contributed by atoms with Crippen LogP contribution in [0.5, 0.6) is 0 Å². The van der Waals surface area contributed by atoms with Crippen molar-refractivity contribution in [2.75, 3.05) is 18.5 Å². The van der Waals surface area contributed by atoms with Crippen LogP contribution in [0.15, 0.2) is 42.5 Å². The van der Waals surface area contributed by atoms with Crippen LogP contribution in [0.1, 0.15) is 11.1 Å². The second kappa shape index (κ2) is 4.22. The van der Waals surface area contributed by atoms with Crippen LogP contribution in [-0.4, -0.2) is 18.3 Å². The third-order valence-corrected chi connectivity index (χ3v) is 3.23. The largest absolute Gasteiger partial charge is 0.395 e. The fourth-order valence-corrected chi connectivity index (χ4v) is 2.46. The summed E-state index contributed by atoms with van der Waals surface area (Å²) < 4.78 is 0. The summed E-state index contributed by atoms with van der Waals surface area (Å²) in [5.74, 6) is 0. The molecule has 0 fully saturated rings. The number of hydrogen-bond donors (Lipinski definition) is 2. The van der Waals surface area contributed by atoms with Crippen LogP contribution in [0, 0.1) is 0 Å². The molecule has 0 heterocycles. The quantitative estimate of drug-likeness (QED) is 0.718. The molecule has 2 nitrogen and oxygen atoms in total. The van der Waals surface area contributed by atoms with Gasteiger partial charge in [0.05, 0.1) is 6.61 Å². The van der Waals surface area contributed by atoms with Crippen molar-refractivity contribution < 1.29 is 5.11 Å². The Labute approximate surface area is 101 Å². The molecular weight excluding hydrogens is 210 g/mol. The Kier molecular flexibility index (Phi) is 2.57. The number of anilines is 1. The predicted octanol–water partition coefficient (Wildman–Crippen LogP) is 2.66. The topological polar surface area (TPSA) is 32.3 Å². The highest BCUT2D eigenvalue weighted by Gasteiger charge is 2.17. The second-order valence-corrected chi connectivity index (χ2v) is 4.36. The second-order valence-electron chi connectivity index (χ2n) is 4.36. The van der Waals surface area contributed by atoms with Crippen molar-refractivity contribution in [3.05, 3.63) is 53.6 Å². The van der Waals surface area contributed by atoms with Crippen molar-refractivity contribution in [2.24, 2.45) is 0 Å². The first-order valence-electron chi connectivity index (χ1n) is 5.94. The Hall–Kier alpha value is -1.80. The number of rotatable bonds is 3. The number of benzene rings is 2. The van der Waals surface area contributed by atoms with Gasteiger partial charge in [-0.3, -0.25) is 0 Å². The van der Waals surface area contributed by atoms with Gasteiger partial charge in [-0.05, 0) is 40.8 Å². The molecule has 0 bridgehead atoms. The van der Waals surface area contributed by atoms with Crippen molar-refractivity contribution >= 4 is 5.69 Å². The van der Waals surface area contributed by atoms with E-state index >= 15 is 0 Å². The van der Waals surface area contributed by atoms with E-state index in [0.717, 1.165) is 12.1 Å². The molecule has 0 atom stereocenters. The van der Waals surface area contributed by atoms with Crippen LogP contribution in [0.25, 0.3) is 11.1 Å². The predicted molar refractivity (Wildman–Crippen MR) is 70.3 cm³/mol. The monoisotopic (exact) mass is 225 g/mol. The number of aliphatic hydroxyl groups excluding tert-OH is 1. The Morgan fingerprint density at radius 3 is 2.71 bits per heavy atom. The van der Waals surface area contributed by atoms with Gasteiger partial charge in [0.25, 0.3) is 0 Å². The number of aliphatic hydroxyl groups is 1. The van der Waals surface area contributed by atoms with Crippen LogP contribution < -0.4 is 5.32 Å². The third kappa shape index (κ3) is 1.81. The summed E-state index contributed by atoms with van der Waals surface area (Å²) in [5, 5.41) is 12.0. The molecule has 17 heavy (non-hydrogen) atoms. The zero-order chi connectivity index (χ0) is 11.7. The maximum atomic E-state index is 8.80. The van der Waals surface area contributed by atoms with E-state index in [1.165, 1.54) is 22.3 Å². The van der Waals surface area contributed by atoms with E-state index in [-0.39, 0.29) is 6.61 Å². The number of hydrogen-bond acceptors (Lipinski definition) is 2. The molecule has 2 N–H and O–H groups in total. The van der Waals surface area contributed by atoms with Crippen LogP contribution in [-0.2, 0) is 6.42 Å². The Bertz CT molecular complexity index is 548. The summed E-state index contributed by atoms with van der Waals surface area (Å²) in [7, 11) is 0. The minimum absolute atomic E-state index is 0.164. The van der Waals surface area contributed by atoms with Gasteiger partial charge in [-0.1, -0.05) is 30.3 Å². The molecule has 0 unspecified atom stereocenters. The summed E-state index contributed by atoms with van der Waals surface area (Å²) in [6.07, 6.45) is 1.01. The minimum atomic E-state index is 0.164. The minimum Gasteiger partial charge on any atom is -0.395 e. The molecule has 1 aliphatic carbocycles. The van der Waals surface area contributed by atoms with Gasteiger partial charge >= 0.3 is 0 Å². The average Bonchev–Trinajstić information content (AvgIpc) is 2.74. The molecular formula is C15H15NO. The van der Waals surface area contributed by atoms with Crippen molar-refractivity contribution in [1.82, 2.24) is 0 Å². The van der Waals surface area contributed by atoms with Crippen LogP contribution in [0.2, 0.25) is 0 Å². The average molecular weight is 225 g/mol. The molecule has 0 radical (unpaired) electrons. The first-order valence-corrected chi connectivity index (χ1v) is 5.94. The van der Waals surface area contributed by atoms with E-state index in [2.05, 4.69) is 47.8 Å². The highest BCUT2D eigenvalue weighted by molar-refractivity contribution is 5.78. The van der Waals surface area contributed by atoms with Gasteiger partial charge in [-0.25, -0.2) is 0 Å². The van der Waals surface area contributed by atoms with Gasteiger partial charge < -0.3 is 10.4 Å². The Morgan fingerprint density at radius 1 is 1.00 bits per heavy atom. The zero-order valence-corrected chi connectivity index (χ0v) is 9.61. The zero-order valence-electron chi connectivity index (χ0n) is 9.61. The number of fused-ring (bicyclic) bond motifs is 3. The highest BCUT2D eigenvalue weighted by atomic mass is 16.3. The van der Waals surface area contributed by atoms with Crippen molar-refractivity contribution in [1.29, 1.82) is 0 Å². The third-order valence-electron chi connectivity index (χ3n) is 3.23. The molecule has 0 amide bonds. The molecule has 86 valence electrons. The maximum Gasteiger partial charge on any atom is 0.0604 e. The van der Waals surface area contributed by atoms with Crippen molar-refractivity contribution in [2.45, 2.75) is 6.42 Å². The molecule has 3 rings (SSSR count). The van der Waals surface area contributed by atoms with Gasteiger partial charge in [0.15, 0.2) is 0 Å². The van der Waals surface area contributed by atoms with Crippen molar-refractivity contribution in [3.63, 3.8) is 0 Å². The molecule has 2 heteroatoms. The maximum absolute atomic E-state index is 8.80. The molecule has 1 aliphatic rings. The summed E-state index contributed by atoms with van der Waals surface area (Å²) in [6, 6.07) is 15.0. The van der Waals surface area contributed by atoms with Crippen molar-refractivity contribution in [3.8, 4) is 11.1 Å². The summed E-state index contributed by atoms with van der Waals surface area (Å²) in [5.41, 5.74) is 6.56. The van der Waals surface area contributed by atoms with E-state index in [0.29, 0.717) is 6.54 Å². The van der Waals surface area contributed by atoms with Crippen LogP contribution in [0.4, 0.5) is 5.69 Å². The van der Waals surface area contributed by atoms with E-state index in [1.807, 2.05) is 0 Å². The first kappa shape index (κ1) is 10.4. The van der Waals surface area contributed by atoms with Gasteiger partial charge in [-0.15, -0.1) is 0 Å². The lowest BCUT2D eigenvalue weighted by Crippen LogP contribution is -2.05. The van der Waals surface area contributed by atoms with Gasteiger partial charge in [0.1, 0.15) is 0 Å². The molecule has 0 spiro atoms. The summed E-state index contributed by atoms with van der Waals surface area (Å²) in [4.78, 5) is 0. The molecule has 2 aromatic carbocycles. The Balaban J connectivity index is 1.95. The molecule has 0 saturated carbocycles. The van der Waals surface area contributed by atoms with Crippen LogP contribution >= 0.6 is 0 Å². The van der Waals surface area contributed by atoms with Gasteiger partial charge in [0.2, 0.25) is 0 Å². The fraction of sp³-hybridized carbons (Fsp3) is 0.200. The lowest BCUT2D eigenvalue weighted by Gasteiger charge is -2.07. The van der Waals surface area contributed by atoms with E-state index in [9.17, 15) is 0 Å². The smallest absolute Gasteiger partial charge is 0.0604 e. The fourth-order valence-electron chi connectivity index (χ4n) is 2.46. The van der Waals surface area contributed by atoms with Gasteiger partial charge in [-0.2, -0.15) is 0 Å². The number of nitrogens with one attached hydrogen (secondary N) is 1. The SMILES string of the molecule is OCCNc1ccc2c(c1)Cc1ccccc1-2. The van der Waals surface area contributed by atoms with E-state index in [4.69, 9.17) is 5.11 Å². The van der Waals surface area contributed by atoms with E-state index < -0.39 is 0 Å². The lowest BCUT2D eigenvalue weighted by atomic mass is 10.1. The Morgan fingerprint density at radius 2 is 1.82 bits per heavy atom. The molecule has 0 aliphatic heterocycles. The normalized spacial score (nSPS) is 12.1. The van der Waals surface area contributed by atoms with E-state index in [1.54, 1.807) is 0 Å². The lowest BCUT2D eigenvalue weighted by molar-refractivity contribution is 0.311.